The highest BCUT2D eigenvalue weighted by Gasteiger charge is 1.98. The van der Waals surface area contributed by atoms with E-state index in [1.165, 1.54) is 5.69 Å². The van der Waals surface area contributed by atoms with Crippen LogP contribution < -0.4 is 18.9 Å². The molecule has 0 unspecified atom stereocenters. The lowest BCUT2D eigenvalue weighted by Gasteiger charge is -2.10. The highest BCUT2D eigenvalue weighted by atomic mass is 35.7. The largest absolute Gasteiger partial charge is 0.378 e. The molecule has 1 N–H and O–H groups in total. The van der Waals surface area contributed by atoms with E-state index in [0.717, 1.165) is 0 Å². The van der Waals surface area contributed by atoms with Crippen LogP contribution in [0.3, 0.4) is 0 Å². The molecule has 0 fully saturated rings. The highest BCUT2D eigenvalue weighted by molar-refractivity contribution is 5.43. The molecule has 6 heteroatoms. The lowest BCUT2D eigenvalue weighted by molar-refractivity contribution is -1.92. The van der Waals surface area contributed by atoms with Gasteiger partial charge in [0.25, 0.3) is 0 Å². The van der Waals surface area contributed by atoms with Crippen molar-refractivity contribution in [1.29, 1.82) is 0 Å². The van der Waals surface area contributed by atoms with Gasteiger partial charge in [0.1, 0.15) is 0 Å². The summed E-state index contributed by atoms with van der Waals surface area (Å²) in [7, 11) is -0.620. The number of hydrogen-bond donors (Lipinski definition) is 1. The molecule has 0 aromatic heterocycles. The van der Waals surface area contributed by atoms with Gasteiger partial charge in [-0.1, -0.05) is 18.2 Å². The first kappa shape index (κ1) is 13.2. The zero-order valence-electron chi connectivity index (χ0n) is 7.88. The van der Waals surface area contributed by atoms with Crippen LogP contribution in [0.2, 0.25) is 0 Å². The maximum Gasteiger partial charge on any atom is 0.0777 e. The van der Waals surface area contributed by atoms with Gasteiger partial charge in [0, 0.05) is 19.8 Å². The van der Waals surface area contributed by atoms with Crippen LogP contribution in [0.1, 0.15) is 0 Å². The molecule has 0 amide bonds. The Bertz CT molecular complexity index is 241. The lowest BCUT2D eigenvalue weighted by atomic mass is 10.3. The highest BCUT2D eigenvalue weighted by Crippen LogP contribution is 2.07. The Labute approximate surface area is 84.6 Å². The van der Waals surface area contributed by atoms with Gasteiger partial charge >= 0.3 is 0 Å². The first-order valence-corrected chi connectivity index (χ1v) is 4.92. The van der Waals surface area contributed by atoms with Crippen molar-refractivity contribution in [2.75, 3.05) is 19.0 Å². The minimum absolute atomic E-state index is 1.25. The van der Waals surface area contributed by atoms with E-state index >= 15 is 0 Å². The van der Waals surface area contributed by atoms with Crippen molar-refractivity contribution in [1.82, 2.24) is 0 Å². The van der Waals surface area contributed by atoms with Crippen LogP contribution in [-0.4, -0.2) is 18.8 Å². The molecule has 1 aromatic rings. The van der Waals surface area contributed by atoms with Gasteiger partial charge in [0.2, 0.25) is 0 Å². The molecule has 0 spiro atoms. The number of para-hydroxylation sites is 1. The van der Waals surface area contributed by atoms with Crippen molar-refractivity contribution in [3.05, 3.63) is 30.3 Å². The Kier molecular flexibility index (Phi) is 5.44. The Hall–Kier alpha value is -0.850. The zero-order chi connectivity index (χ0) is 11.2. The molecule has 0 radical (unpaired) electrons. The second-order valence-corrected chi connectivity index (χ2v) is 3.42. The molecule has 0 aliphatic rings. The maximum absolute atomic E-state index is 8.60. The van der Waals surface area contributed by atoms with Crippen LogP contribution in [0.15, 0.2) is 30.3 Å². The molecule has 0 heterocycles. The van der Waals surface area contributed by atoms with E-state index < -0.39 is 10.2 Å². The molecule has 0 aliphatic carbocycles. The average molecular weight is 222 g/mol. The monoisotopic (exact) mass is 221 g/mol. The number of benzene rings is 1. The summed E-state index contributed by atoms with van der Waals surface area (Å²) >= 11 is 0. The Morgan fingerprint density at radius 1 is 1.07 bits per heavy atom. The van der Waals surface area contributed by atoms with E-state index in [1.54, 1.807) is 0 Å². The van der Waals surface area contributed by atoms with E-state index in [-0.39, 0.29) is 0 Å². The summed E-state index contributed by atoms with van der Waals surface area (Å²) in [5.41, 5.74) is 1.25. The maximum atomic E-state index is 8.60. The zero-order valence-corrected chi connectivity index (χ0v) is 8.64. The summed E-state index contributed by atoms with van der Waals surface area (Å²) in [6, 6.07) is 10.3. The van der Waals surface area contributed by atoms with Gasteiger partial charge in [-0.2, -0.15) is 14.0 Å². The van der Waals surface area contributed by atoms with E-state index in [9.17, 15) is 0 Å². The molecule has 0 atom stereocenters. The number of halogens is 1. The summed E-state index contributed by atoms with van der Waals surface area (Å²) in [5, 5.41) is 0. The molecule has 80 valence electrons. The van der Waals surface area contributed by atoms with Crippen LogP contribution in [0, 0.1) is 10.2 Å². The van der Waals surface area contributed by atoms with Crippen LogP contribution in [-0.2, 0) is 0 Å². The second kappa shape index (κ2) is 5.79. The van der Waals surface area contributed by atoms with Crippen molar-refractivity contribution >= 4 is 5.69 Å². The minimum Gasteiger partial charge on any atom is -0.378 e. The molecule has 0 aliphatic heterocycles. The van der Waals surface area contributed by atoms with Crippen molar-refractivity contribution in [2.45, 2.75) is 0 Å². The van der Waals surface area contributed by atoms with Crippen LogP contribution in [0.5, 0.6) is 0 Å². The summed E-state index contributed by atoms with van der Waals surface area (Å²) < 4.78 is 32.7. The molecule has 0 saturated heterocycles. The van der Waals surface area contributed by atoms with Crippen LogP contribution >= 0.6 is 0 Å². The lowest BCUT2D eigenvalue weighted by Crippen LogP contribution is -2.58. The quantitative estimate of drug-likeness (QED) is 0.572. The third kappa shape index (κ3) is 9.24. The van der Waals surface area contributed by atoms with Crippen molar-refractivity contribution in [3.63, 3.8) is 0 Å². The molecule has 1 aromatic carbocycles. The summed E-state index contributed by atoms with van der Waals surface area (Å²) in [4.78, 5) is 2.08. The topological polar surface area (TPSA) is 92.7 Å². The molecule has 0 saturated carbocycles. The minimum atomic E-state index is -4.69. The van der Waals surface area contributed by atoms with Gasteiger partial charge < -0.3 is 4.90 Å². The number of anilines is 1. The van der Waals surface area contributed by atoms with Crippen molar-refractivity contribution < 1.29 is 28.9 Å². The van der Waals surface area contributed by atoms with Gasteiger partial charge in [0.15, 0.2) is 0 Å². The van der Waals surface area contributed by atoms with E-state index in [1.807, 2.05) is 32.3 Å². The van der Waals surface area contributed by atoms with E-state index in [4.69, 9.17) is 18.6 Å². The number of rotatable bonds is 1. The molecular formula is C8H12ClNO4. The summed E-state index contributed by atoms with van der Waals surface area (Å²) in [5.74, 6) is 0. The van der Waals surface area contributed by atoms with Gasteiger partial charge in [-0.3, -0.25) is 0 Å². The Balaban J connectivity index is 0.000000292. The standard InChI is InChI=1S/C8H11N.ClHO4/c1-9(2)8-6-4-3-5-7-8;2-1(3,4)5/h3-7H,1-2H3;(H,2,3,4,5). The number of nitrogens with zero attached hydrogens (tertiary/aromatic N) is 1. The van der Waals surface area contributed by atoms with Crippen LogP contribution in [0.4, 0.5) is 5.69 Å². The van der Waals surface area contributed by atoms with Gasteiger partial charge in [-0.15, -0.1) is 0 Å². The molecule has 1 rings (SSSR count). The summed E-state index contributed by atoms with van der Waals surface area (Å²) in [6.07, 6.45) is 0. The fourth-order valence-corrected chi connectivity index (χ4v) is 0.726. The third-order valence-electron chi connectivity index (χ3n) is 1.27. The van der Waals surface area contributed by atoms with E-state index in [2.05, 4.69) is 17.0 Å². The SMILES string of the molecule is CN(C)c1ccccc1.[O-][Cl+3]([O-])([O-])O. The molecular weight excluding hydrogens is 210 g/mol. The molecule has 0 bridgehead atoms. The van der Waals surface area contributed by atoms with Crippen LogP contribution in [0.25, 0.3) is 0 Å². The first-order chi connectivity index (χ1) is 6.30. The predicted octanol–water partition coefficient (Wildman–Crippen LogP) is -2.37. The third-order valence-corrected chi connectivity index (χ3v) is 1.27. The van der Waals surface area contributed by atoms with Gasteiger partial charge in [-0.25, -0.2) is 0 Å². The smallest absolute Gasteiger partial charge is 0.0777 e. The Morgan fingerprint density at radius 3 is 1.64 bits per heavy atom. The second-order valence-electron chi connectivity index (χ2n) is 2.63. The first-order valence-electron chi connectivity index (χ1n) is 3.66. The fraction of sp³-hybridized carbons (Fsp3) is 0.250. The fourth-order valence-electron chi connectivity index (χ4n) is 0.726. The molecule has 5 nitrogen and oxygen atoms in total. The normalized spacial score (nSPS) is 10.1. The van der Waals surface area contributed by atoms with Gasteiger partial charge in [-0.05, 0) is 12.1 Å². The number of hydrogen-bond acceptors (Lipinski definition) is 5. The Morgan fingerprint density at radius 2 is 1.43 bits per heavy atom. The molecule has 14 heavy (non-hydrogen) atoms. The van der Waals surface area contributed by atoms with Gasteiger partial charge in [0.05, 0.1) is 14.9 Å². The summed E-state index contributed by atoms with van der Waals surface area (Å²) in [6.45, 7) is 0. The van der Waals surface area contributed by atoms with Crippen molar-refractivity contribution in [2.24, 2.45) is 0 Å². The van der Waals surface area contributed by atoms with Crippen molar-refractivity contribution in [3.8, 4) is 0 Å². The average Bonchev–Trinajstić information content (AvgIpc) is 2.03. The predicted molar refractivity (Wildman–Crippen MR) is 43.0 cm³/mol. The van der Waals surface area contributed by atoms with E-state index in [0.29, 0.717) is 0 Å².